The molecular formula is C16H30N2O4. The highest BCUT2D eigenvalue weighted by molar-refractivity contribution is 5.85. The molecule has 2 N–H and O–H groups in total. The molecule has 1 saturated heterocycles. The number of likely N-dealkylation sites (tertiary alicyclic amines) is 1. The third kappa shape index (κ3) is 5.16. The van der Waals surface area contributed by atoms with Gasteiger partial charge in [0.25, 0.3) is 0 Å². The van der Waals surface area contributed by atoms with Gasteiger partial charge in [0.1, 0.15) is 5.60 Å². The molecule has 1 aliphatic heterocycles. The minimum Gasteiger partial charge on any atom is -0.479 e. The Hall–Kier alpha value is -1.30. The minimum atomic E-state index is -1.24. The van der Waals surface area contributed by atoms with Gasteiger partial charge in [0, 0.05) is 19.6 Å². The van der Waals surface area contributed by atoms with E-state index in [1.54, 1.807) is 20.8 Å². The van der Waals surface area contributed by atoms with Gasteiger partial charge in [-0.25, -0.2) is 9.59 Å². The van der Waals surface area contributed by atoms with Crippen LogP contribution in [0.5, 0.6) is 0 Å². The molecule has 6 nitrogen and oxygen atoms in total. The summed E-state index contributed by atoms with van der Waals surface area (Å²) >= 11 is 0. The number of carbonyl (C=O) groups is 2. The predicted octanol–water partition coefficient (Wildman–Crippen LogP) is 2.48. The first-order valence-electron chi connectivity index (χ1n) is 8.08. The third-order valence-electron chi connectivity index (χ3n) is 4.17. The molecule has 0 aliphatic carbocycles. The third-order valence-corrected chi connectivity index (χ3v) is 4.17. The zero-order valence-corrected chi connectivity index (χ0v) is 14.4. The Morgan fingerprint density at radius 2 is 1.91 bits per heavy atom. The number of carboxylic acid groups (broad SMARTS) is 1. The lowest BCUT2D eigenvalue weighted by Crippen LogP contribution is -2.57. The van der Waals surface area contributed by atoms with Crippen molar-refractivity contribution in [3.63, 3.8) is 0 Å². The van der Waals surface area contributed by atoms with Crippen LogP contribution in [0.1, 0.15) is 53.9 Å². The number of carboxylic acids is 1. The van der Waals surface area contributed by atoms with Gasteiger partial charge in [0.15, 0.2) is 5.54 Å². The maximum absolute atomic E-state index is 12.0. The minimum absolute atomic E-state index is 0.331. The van der Waals surface area contributed by atoms with Crippen LogP contribution in [0.25, 0.3) is 0 Å². The van der Waals surface area contributed by atoms with Crippen LogP contribution in [-0.4, -0.2) is 52.8 Å². The number of hydrogen-bond acceptors (Lipinski definition) is 4. The lowest BCUT2D eigenvalue weighted by molar-refractivity contribution is -0.144. The summed E-state index contributed by atoms with van der Waals surface area (Å²) in [5.41, 5.74) is -1.88. The van der Waals surface area contributed by atoms with E-state index in [2.05, 4.69) is 24.1 Å². The Bertz CT molecular complexity index is 401. The molecule has 1 unspecified atom stereocenters. The zero-order valence-electron chi connectivity index (χ0n) is 14.4. The number of rotatable bonds is 6. The summed E-state index contributed by atoms with van der Waals surface area (Å²) in [6.07, 6.45) is 1.89. The van der Waals surface area contributed by atoms with E-state index in [1.807, 2.05) is 0 Å². The van der Waals surface area contributed by atoms with E-state index in [4.69, 9.17) is 4.74 Å². The topological polar surface area (TPSA) is 78.9 Å². The van der Waals surface area contributed by atoms with Gasteiger partial charge in [-0.15, -0.1) is 0 Å². The Balaban J connectivity index is 2.70. The summed E-state index contributed by atoms with van der Waals surface area (Å²) in [4.78, 5) is 25.8. The second kappa shape index (κ2) is 7.31. The summed E-state index contributed by atoms with van der Waals surface area (Å²) in [5, 5.41) is 12.2. The average Bonchev–Trinajstić information content (AvgIpc) is 2.78. The van der Waals surface area contributed by atoms with Crippen LogP contribution in [0.3, 0.4) is 0 Å². The molecule has 128 valence electrons. The van der Waals surface area contributed by atoms with E-state index in [-0.39, 0.29) is 0 Å². The second-order valence-corrected chi connectivity index (χ2v) is 7.18. The van der Waals surface area contributed by atoms with Crippen LogP contribution in [0.4, 0.5) is 4.79 Å². The number of nitrogens with zero attached hydrogens (tertiary/aromatic N) is 1. The van der Waals surface area contributed by atoms with Gasteiger partial charge in [0.2, 0.25) is 0 Å². The Morgan fingerprint density at radius 1 is 1.32 bits per heavy atom. The van der Waals surface area contributed by atoms with Crippen molar-refractivity contribution in [3.05, 3.63) is 0 Å². The molecule has 22 heavy (non-hydrogen) atoms. The van der Waals surface area contributed by atoms with E-state index in [0.717, 1.165) is 19.4 Å². The quantitative estimate of drug-likeness (QED) is 0.787. The molecule has 6 heteroatoms. The van der Waals surface area contributed by atoms with Crippen molar-refractivity contribution in [2.45, 2.75) is 65.0 Å². The molecule has 0 aromatic heterocycles. The SMILES string of the molecule is CCC(CC)CN1CCC(NC(=O)OC(C)(C)C)(C(=O)O)C1. The normalized spacial score (nSPS) is 22.8. The lowest BCUT2D eigenvalue weighted by Gasteiger charge is -2.29. The summed E-state index contributed by atoms with van der Waals surface area (Å²) in [7, 11) is 0. The first-order valence-corrected chi connectivity index (χ1v) is 8.08. The van der Waals surface area contributed by atoms with E-state index in [9.17, 15) is 14.7 Å². The summed E-state index contributed by atoms with van der Waals surface area (Å²) in [6, 6.07) is 0. The fourth-order valence-corrected chi connectivity index (χ4v) is 2.79. The fourth-order valence-electron chi connectivity index (χ4n) is 2.79. The van der Waals surface area contributed by atoms with Crippen molar-refractivity contribution in [1.29, 1.82) is 0 Å². The van der Waals surface area contributed by atoms with Crippen LogP contribution in [-0.2, 0) is 9.53 Å². The maximum atomic E-state index is 12.0. The van der Waals surface area contributed by atoms with Crippen LogP contribution < -0.4 is 5.32 Å². The van der Waals surface area contributed by atoms with E-state index < -0.39 is 23.2 Å². The highest BCUT2D eigenvalue weighted by atomic mass is 16.6. The summed E-state index contributed by atoms with van der Waals surface area (Å²) < 4.78 is 5.20. The number of nitrogens with one attached hydrogen (secondary N) is 1. The molecule has 0 spiro atoms. The Labute approximate surface area is 133 Å². The van der Waals surface area contributed by atoms with Crippen molar-refractivity contribution >= 4 is 12.1 Å². The molecule has 0 bridgehead atoms. The number of aliphatic carboxylic acids is 1. The van der Waals surface area contributed by atoms with Crippen LogP contribution in [0.15, 0.2) is 0 Å². The van der Waals surface area contributed by atoms with Crippen molar-refractivity contribution in [1.82, 2.24) is 10.2 Å². The van der Waals surface area contributed by atoms with E-state index in [1.165, 1.54) is 0 Å². The zero-order chi connectivity index (χ0) is 17.0. The van der Waals surface area contributed by atoms with Gasteiger partial charge >= 0.3 is 12.1 Å². The molecule has 1 aliphatic rings. The highest BCUT2D eigenvalue weighted by Crippen LogP contribution is 2.24. The monoisotopic (exact) mass is 314 g/mol. The average molecular weight is 314 g/mol. The molecule has 1 atom stereocenters. The molecule has 1 fully saturated rings. The molecule has 1 amide bonds. The van der Waals surface area contributed by atoms with Crippen LogP contribution >= 0.6 is 0 Å². The number of amides is 1. The summed E-state index contributed by atoms with van der Waals surface area (Å²) in [6.45, 7) is 11.5. The first kappa shape index (κ1) is 18.7. The van der Waals surface area contributed by atoms with Gasteiger partial charge in [-0.3, -0.25) is 0 Å². The standard InChI is InChI=1S/C16H30N2O4/c1-6-12(7-2)10-18-9-8-16(11-18,13(19)20)17-14(21)22-15(3,4)5/h12H,6-11H2,1-5H3,(H,17,21)(H,19,20). The maximum Gasteiger partial charge on any atom is 0.408 e. The predicted molar refractivity (Wildman–Crippen MR) is 84.9 cm³/mol. The van der Waals surface area contributed by atoms with Crippen molar-refractivity contribution < 1.29 is 19.4 Å². The number of ether oxygens (including phenoxy) is 1. The molecule has 1 rings (SSSR count). The molecule has 0 aromatic rings. The molecule has 0 saturated carbocycles. The van der Waals surface area contributed by atoms with E-state index >= 15 is 0 Å². The highest BCUT2D eigenvalue weighted by Gasteiger charge is 2.47. The van der Waals surface area contributed by atoms with Crippen molar-refractivity contribution in [2.24, 2.45) is 5.92 Å². The molecular weight excluding hydrogens is 284 g/mol. The van der Waals surface area contributed by atoms with Gasteiger partial charge in [-0.05, 0) is 33.1 Å². The van der Waals surface area contributed by atoms with Gasteiger partial charge in [-0.1, -0.05) is 26.7 Å². The smallest absolute Gasteiger partial charge is 0.408 e. The number of hydrogen-bond donors (Lipinski definition) is 2. The van der Waals surface area contributed by atoms with Crippen molar-refractivity contribution in [2.75, 3.05) is 19.6 Å². The fraction of sp³-hybridized carbons (Fsp3) is 0.875. The first-order chi connectivity index (χ1) is 10.1. The lowest BCUT2D eigenvalue weighted by atomic mass is 9.99. The largest absolute Gasteiger partial charge is 0.479 e. The van der Waals surface area contributed by atoms with Gasteiger partial charge in [0.05, 0.1) is 0 Å². The molecule has 1 heterocycles. The van der Waals surface area contributed by atoms with E-state index in [0.29, 0.717) is 25.4 Å². The van der Waals surface area contributed by atoms with Gasteiger partial charge < -0.3 is 20.1 Å². The molecule has 0 radical (unpaired) electrons. The van der Waals surface area contributed by atoms with Crippen LogP contribution in [0, 0.1) is 5.92 Å². The Kier molecular flexibility index (Phi) is 6.23. The Morgan fingerprint density at radius 3 is 2.36 bits per heavy atom. The van der Waals surface area contributed by atoms with Crippen molar-refractivity contribution in [3.8, 4) is 0 Å². The summed E-state index contributed by atoms with van der Waals surface area (Å²) in [5.74, 6) is -0.434. The molecule has 0 aromatic carbocycles. The number of alkyl carbamates (subject to hydrolysis) is 1. The second-order valence-electron chi connectivity index (χ2n) is 7.18. The van der Waals surface area contributed by atoms with Gasteiger partial charge in [-0.2, -0.15) is 0 Å². The van der Waals surface area contributed by atoms with Crippen LogP contribution in [0.2, 0.25) is 0 Å². The number of carbonyl (C=O) groups excluding carboxylic acids is 1.